The van der Waals surface area contributed by atoms with Crippen molar-refractivity contribution in [2.45, 2.75) is 44.9 Å². The van der Waals surface area contributed by atoms with Gasteiger partial charge in [-0.05, 0) is 62.7 Å². The molecule has 0 spiro atoms. The SMILES string of the molecule is NC(=O)C1CCC(CNC(=O)[C@@H]2C[C@H]2C2CC2)CC1. The van der Waals surface area contributed by atoms with E-state index in [2.05, 4.69) is 5.32 Å². The number of nitrogens with one attached hydrogen (secondary N) is 1. The minimum atomic E-state index is -0.159. The molecule has 0 saturated heterocycles. The Bertz CT molecular complexity index is 370. The van der Waals surface area contributed by atoms with Crippen LogP contribution in [0.2, 0.25) is 0 Å². The van der Waals surface area contributed by atoms with Crippen LogP contribution in [0.5, 0.6) is 0 Å². The fourth-order valence-electron chi connectivity index (χ4n) is 3.59. The molecular formula is C15H24N2O2. The molecule has 3 aliphatic carbocycles. The molecule has 0 radical (unpaired) electrons. The monoisotopic (exact) mass is 264 g/mol. The van der Waals surface area contributed by atoms with Crippen LogP contribution in [-0.4, -0.2) is 18.4 Å². The third-order valence-corrected chi connectivity index (χ3v) is 5.22. The normalized spacial score (nSPS) is 37.7. The van der Waals surface area contributed by atoms with Gasteiger partial charge >= 0.3 is 0 Å². The van der Waals surface area contributed by atoms with Gasteiger partial charge in [0.2, 0.25) is 11.8 Å². The molecule has 2 amide bonds. The van der Waals surface area contributed by atoms with Crippen molar-refractivity contribution >= 4 is 11.8 Å². The van der Waals surface area contributed by atoms with E-state index in [1.807, 2.05) is 0 Å². The molecular weight excluding hydrogens is 240 g/mol. The summed E-state index contributed by atoms with van der Waals surface area (Å²) >= 11 is 0. The molecule has 106 valence electrons. The minimum Gasteiger partial charge on any atom is -0.369 e. The van der Waals surface area contributed by atoms with Gasteiger partial charge in [-0.1, -0.05) is 0 Å². The highest BCUT2D eigenvalue weighted by atomic mass is 16.2. The topological polar surface area (TPSA) is 72.2 Å². The molecule has 3 N–H and O–H groups in total. The van der Waals surface area contributed by atoms with Gasteiger partial charge in [-0.3, -0.25) is 9.59 Å². The largest absolute Gasteiger partial charge is 0.369 e. The molecule has 3 saturated carbocycles. The molecule has 4 nitrogen and oxygen atoms in total. The molecule has 0 aliphatic heterocycles. The van der Waals surface area contributed by atoms with E-state index in [1.165, 1.54) is 12.8 Å². The fourth-order valence-corrected chi connectivity index (χ4v) is 3.59. The zero-order valence-electron chi connectivity index (χ0n) is 11.4. The zero-order chi connectivity index (χ0) is 13.4. The molecule has 0 heterocycles. The van der Waals surface area contributed by atoms with Crippen LogP contribution in [0.15, 0.2) is 0 Å². The van der Waals surface area contributed by atoms with Crippen LogP contribution in [0.4, 0.5) is 0 Å². The molecule has 0 aromatic carbocycles. The summed E-state index contributed by atoms with van der Waals surface area (Å²) in [5.74, 6) is 2.59. The molecule has 2 atom stereocenters. The molecule has 19 heavy (non-hydrogen) atoms. The Morgan fingerprint density at radius 3 is 2.32 bits per heavy atom. The standard InChI is InChI=1S/C15H24N2O2/c16-14(18)11-3-1-9(2-4-11)8-17-15(19)13-7-12(13)10-5-6-10/h9-13H,1-8H2,(H2,16,18)(H,17,19)/t9?,11?,12-,13+/m0/s1. The summed E-state index contributed by atoms with van der Waals surface area (Å²) in [4.78, 5) is 23.1. The highest BCUT2D eigenvalue weighted by Crippen LogP contribution is 2.54. The van der Waals surface area contributed by atoms with Crippen molar-refractivity contribution in [1.29, 1.82) is 0 Å². The van der Waals surface area contributed by atoms with Crippen LogP contribution >= 0.6 is 0 Å². The summed E-state index contributed by atoms with van der Waals surface area (Å²) in [5, 5.41) is 3.12. The second-order valence-corrected chi connectivity index (χ2v) is 6.71. The molecule has 0 aromatic rings. The molecule has 3 aliphatic rings. The van der Waals surface area contributed by atoms with Crippen molar-refractivity contribution in [2.75, 3.05) is 6.54 Å². The van der Waals surface area contributed by atoms with Gasteiger partial charge in [0.15, 0.2) is 0 Å². The second kappa shape index (κ2) is 5.14. The number of hydrogen-bond donors (Lipinski definition) is 2. The third kappa shape index (κ3) is 3.10. The van der Waals surface area contributed by atoms with Gasteiger partial charge in [-0.15, -0.1) is 0 Å². The Balaban J connectivity index is 1.34. The van der Waals surface area contributed by atoms with Crippen LogP contribution in [0.1, 0.15) is 44.9 Å². The van der Waals surface area contributed by atoms with Crippen LogP contribution in [-0.2, 0) is 9.59 Å². The van der Waals surface area contributed by atoms with Gasteiger partial charge in [-0.2, -0.15) is 0 Å². The Labute approximate surface area is 114 Å². The van der Waals surface area contributed by atoms with Gasteiger partial charge in [0.25, 0.3) is 0 Å². The van der Waals surface area contributed by atoms with Crippen molar-refractivity contribution in [3.63, 3.8) is 0 Å². The Kier molecular flexibility index (Phi) is 3.50. The summed E-state index contributed by atoms with van der Waals surface area (Å²) < 4.78 is 0. The molecule has 3 rings (SSSR count). The predicted molar refractivity (Wildman–Crippen MR) is 72.0 cm³/mol. The Hall–Kier alpha value is -1.06. The quantitative estimate of drug-likeness (QED) is 0.788. The Morgan fingerprint density at radius 2 is 1.74 bits per heavy atom. The zero-order valence-corrected chi connectivity index (χ0v) is 11.4. The first-order valence-electron chi connectivity index (χ1n) is 7.72. The first-order chi connectivity index (χ1) is 9.15. The molecule has 0 aromatic heterocycles. The minimum absolute atomic E-state index is 0.0645. The molecule has 3 fully saturated rings. The lowest BCUT2D eigenvalue weighted by Crippen LogP contribution is -2.34. The van der Waals surface area contributed by atoms with Crippen molar-refractivity contribution in [1.82, 2.24) is 5.32 Å². The molecule has 4 heteroatoms. The van der Waals surface area contributed by atoms with E-state index in [4.69, 9.17) is 5.73 Å². The summed E-state index contributed by atoms with van der Waals surface area (Å²) in [6.07, 6.45) is 7.62. The smallest absolute Gasteiger partial charge is 0.223 e. The lowest BCUT2D eigenvalue weighted by molar-refractivity contribution is -0.124. The van der Waals surface area contributed by atoms with Gasteiger partial charge in [0, 0.05) is 18.4 Å². The number of rotatable bonds is 5. The maximum atomic E-state index is 12.0. The molecule has 0 unspecified atom stereocenters. The van der Waals surface area contributed by atoms with E-state index in [-0.39, 0.29) is 17.7 Å². The van der Waals surface area contributed by atoms with Gasteiger partial charge in [0.1, 0.15) is 0 Å². The number of amides is 2. The number of carbonyl (C=O) groups excluding carboxylic acids is 2. The average Bonchev–Trinajstić information content (AvgIpc) is 3.28. The lowest BCUT2D eigenvalue weighted by Gasteiger charge is -2.26. The van der Waals surface area contributed by atoms with E-state index in [9.17, 15) is 9.59 Å². The van der Waals surface area contributed by atoms with E-state index in [1.54, 1.807) is 0 Å². The summed E-state index contributed by atoms with van der Waals surface area (Å²) in [6, 6.07) is 0. The first-order valence-corrected chi connectivity index (χ1v) is 7.72. The van der Waals surface area contributed by atoms with E-state index < -0.39 is 0 Å². The fraction of sp³-hybridized carbons (Fsp3) is 0.867. The maximum absolute atomic E-state index is 12.0. The van der Waals surface area contributed by atoms with Crippen molar-refractivity contribution in [3.8, 4) is 0 Å². The number of primary amides is 1. The first kappa shape index (κ1) is 12.9. The van der Waals surface area contributed by atoms with E-state index >= 15 is 0 Å². The van der Waals surface area contributed by atoms with Crippen LogP contribution in [0.3, 0.4) is 0 Å². The van der Waals surface area contributed by atoms with E-state index in [0.717, 1.165) is 44.6 Å². The highest BCUT2D eigenvalue weighted by Gasteiger charge is 2.51. The number of hydrogen-bond acceptors (Lipinski definition) is 2. The predicted octanol–water partition coefficient (Wildman–Crippen LogP) is 1.44. The van der Waals surface area contributed by atoms with Crippen molar-refractivity contribution in [2.24, 2.45) is 35.3 Å². The van der Waals surface area contributed by atoms with Gasteiger partial charge in [0.05, 0.1) is 0 Å². The van der Waals surface area contributed by atoms with Crippen LogP contribution in [0, 0.1) is 29.6 Å². The van der Waals surface area contributed by atoms with Gasteiger partial charge < -0.3 is 11.1 Å². The number of carbonyl (C=O) groups is 2. The van der Waals surface area contributed by atoms with E-state index in [0.29, 0.717) is 17.8 Å². The second-order valence-electron chi connectivity index (χ2n) is 6.71. The third-order valence-electron chi connectivity index (χ3n) is 5.22. The average molecular weight is 264 g/mol. The summed E-state index contributed by atoms with van der Waals surface area (Å²) in [7, 11) is 0. The lowest BCUT2D eigenvalue weighted by atomic mass is 9.81. The summed E-state index contributed by atoms with van der Waals surface area (Å²) in [6.45, 7) is 0.790. The van der Waals surface area contributed by atoms with Crippen LogP contribution < -0.4 is 11.1 Å². The summed E-state index contributed by atoms with van der Waals surface area (Å²) in [5.41, 5.74) is 5.32. The van der Waals surface area contributed by atoms with Crippen molar-refractivity contribution < 1.29 is 9.59 Å². The maximum Gasteiger partial charge on any atom is 0.223 e. The van der Waals surface area contributed by atoms with Gasteiger partial charge in [-0.25, -0.2) is 0 Å². The highest BCUT2D eigenvalue weighted by molar-refractivity contribution is 5.81. The molecule has 0 bridgehead atoms. The number of nitrogens with two attached hydrogens (primary N) is 1. The van der Waals surface area contributed by atoms with Crippen molar-refractivity contribution in [3.05, 3.63) is 0 Å². The Morgan fingerprint density at radius 1 is 1.05 bits per heavy atom. The van der Waals surface area contributed by atoms with Crippen LogP contribution in [0.25, 0.3) is 0 Å².